The summed E-state index contributed by atoms with van der Waals surface area (Å²) in [6, 6.07) is 5.47. The first-order valence-corrected chi connectivity index (χ1v) is 8.79. The van der Waals surface area contributed by atoms with E-state index < -0.39 is 0 Å². The average Bonchev–Trinajstić information content (AvgIpc) is 3.11. The van der Waals surface area contributed by atoms with Crippen molar-refractivity contribution in [1.29, 1.82) is 0 Å². The molecular formula is C20H25N3O2. The number of benzene rings is 1. The van der Waals surface area contributed by atoms with Crippen molar-refractivity contribution < 1.29 is 9.90 Å². The first-order chi connectivity index (χ1) is 11.9. The number of aromatic hydroxyl groups is 1. The number of phenolic OH excluding ortho intramolecular Hbond substituents is 1. The predicted octanol–water partition coefficient (Wildman–Crippen LogP) is 2.66. The Hall–Kier alpha value is -2.43. The van der Waals surface area contributed by atoms with Crippen LogP contribution in [0.2, 0.25) is 0 Å². The molecule has 0 heterocycles. The van der Waals surface area contributed by atoms with E-state index in [1.54, 1.807) is 32.3 Å². The van der Waals surface area contributed by atoms with Crippen LogP contribution in [0.3, 0.4) is 0 Å². The van der Waals surface area contributed by atoms with Gasteiger partial charge in [0.1, 0.15) is 5.69 Å². The summed E-state index contributed by atoms with van der Waals surface area (Å²) in [6.45, 7) is 4.09. The third kappa shape index (κ3) is 3.23. The Bertz CT molecular complexity index is 896. The van der Waals surface area contributed by atoms with E-state index in [4.69, 9.17) is 4.99 Å². The molecule has 0 aliphatic heterocycles. The second-order valence-electron chi connectivity index (χ2n) is 7.00. The van der Waals surface area contributed by atoms with E-state index in [9.17, 15) is 9.90 Å². The van der Waals surface area contributed by atoms with Crippen LogP contribution in [0.5, 0.6) is 5.75 Å². The number of phenols is 1. The highest BCUT2D eigenvalue weighted by Gasteiger charge is 2.18. The van der Waals surface area contributed by atoms with Crippen LogP contribution in [0.25, 0.3) is 0 Å². The fourth-order valence-electron chi connectivity index (χ4n) is 3.31. The largest absolute Gasteiger partial charge is 0.505 e. The molecule has 1 fully saturated rings. The van der Waals surface area contributed by atoms with Gasteiger partial charge < -0.3 is 10.0 Å². The molecule has 25 heavy (non-hydrogen) atoms. The average molecular weight is 339 g/mol. The molecular weight excluding hydrogens is 314 g/mol. The van der Waals surface area contributed by atoms with Gasteiger partial charge in [0.15, 0.2) is 5.75 Å². The summed E-state index contributed by atoms with van der Waals surface area (Å²) in [5.74, 6) is -0.317. The predicted molar refractivity (Wildman–Crippen MR) is 97.5 cm³/mol. The molecule has 0 unspecified atom stereocenters. The Morgan fingerprint density at radius 1 is 1.12 bits per heavy atom. The van der Waals surface area contributed by atoms with Crippen LogP contribution in [0.15, 0.2) is 28.2 Å². The number of rotatable bonds is 3. The van der Waals surface area contributed by atoms with Crippen molar-refractivity contribution >= 4 is 11.6 Å². The molecule has 2 aromatic carbocycles. The summed E-state index contributed by atoms with van der Waals surface area (Å²) in [6.07, 6.45) is 4.76. The van der Waals surface area contributed by atoms with Crippen molar-refractivity contribution in [2.75, 3.05) is 14.1 Å². The Labute approximate surface area is 148 Å². The third-order valence-corrected chi connectivity index (χ3v) is 5.02. The fourth-order valence-corrected chi connectivity index (χ4v) is 3.31. The zero-order valence-electron chi connectivity index (χ0n) is 15.3. The van der Waals surface area contributed by atoms with Crippen LogP contribution in [0.1, 0.15) is 47.2 Å². The van der Waals surface area contributed by atoms with Gasteiger partial charge in [-0.05, 0) is 49.9 Å². The quantitative estimate of drug-likeness (QED) is 0.934. The van der Waals surface area contributed by atoms with Gasteiger partial charge in [0.2, 0.25) is 0 Å². The molecule has 0 bridgehead atoms. The first kappa shape index (κ1) is 17.4. The van der Waals surface area contributed by atoms with Crippen LogP contribution >= 0.6 is 0 Å². The maximum Gasteiger partial charge on any atom is 0.257 e. The molecule has 5 nitrogen and oxygen atoms in total. The third-order valence-electron chi connectivity index (χ3n) is 5.02. The molecule has 3 rings (SSSR count). The topological polar surface area (TPSA) is 65.3 Å². The highest BCUT2D eigenvalue weighted by molar-refractivity contribution is 5.98. The molecule has 1 amide bonds. The van der Waals surface area contributed by atoms with E-state index in [0.29, 0.717) is 11.7 Å². The SMILES string of the molecule is Cc1c(C)c(=NC2CCCC2)c1=Nc1cccc(C(=O)N(C)C)c1O. The molecule has 0 radical (unpaired) electrons. The molecule has 1 N–H and O–H groups in total. The van der Waals surface area contributed by atoms with E-state index in [1.807, 2.05) is 6.92 Å². The molecule has 132 valence electrons. The van der Waals surface area contributed by atoms with Gasteiger partial charge in [-0.3, -0.25) is 9.79 Å². The smallest absolute Gasteiger partial charge is 0.257 e. The van der Waals surface area contributed by atoms with Gasteiger partial charge in [0, 0.05) is 14.1 Å². The summed E-state index contributed by atoms with van der Waals surface area (Å²) in [7, 11) is 3.32. The minimum Gasteiger partial charge on any atom is -0.505 e. The van der Waals surface area contributed by atoms with Gasteiger partial charge in [-0.15, -0.1) is 0 Å². The number of para-hydroxylation sites is 1. The van der Waals surface area contributed by atoms with Gasteiger partial charge in [-0.25, -0.2) is 4.99 Å². The minimum atomic E-state index is -0.239. The highest BCUT2D eigenvalue weighted by atomic mass is 16.3. The summed E-state index contributed by atoms with van der Waals surface area (Å²) >= 11 is 0. The standard InChI is InChI=1S/C20H25N3O2/c1-12-13(2)18(17(12)21-14-8-5-6-9-14)22-16-11-7-10-15(19(16)24)20(25)23(3)4/h7,10-11,14,24H,5-6,8-9H2,1-4H3. The minimum absolute atomic E-state index is 0.0775. The molecule has 0 aromatic heterocycles. The summed E-state index contributed by atoms with van der Waals surface area (Å²) in [5.41, 5.74) is 2.94. The van der Waals surface area contributed by atoms with Gasteiger partial charge in [0.05, 0.1) is 22.3 Å². The van der Waals surface area contributed by atoms with Crippen molar-refractivity contribution in [3.63, 3.8) is 0 Å². The number of hydrogen-bond acceptors (Lipinski definition) is 4. The van der Waals surface area contributed by atoms with Gasteiger partial charge in [-0.2, -0.15) is 0 Å². The van der Waals surface area contributed by atoms with Gasteiger partial charge in [0.25, 0.3) is 5.91 Å². The van der Waals surface area contributed by atoms with Crippen molar-refractivity contribution in [2.45, 2.75) is 45.6 Å². The zero-order valence-corrected chi connectivity index (χ0v) is 15.3. The van der Waals surface area contributed by atoms with Crippen molar-refractivity contribution in [3.8, 4) is 5.75 Å². The number of carbonyl (C=O) groups excluding carboxylic acids is 1. The van der Waals surface area contributed by atoms with Crippen molar-refractivity contribution in [3.05, 3.63) is 45.6 Å². The number of nitrogens with zero attached hydrogens (tertiary/aromatic N) is 3. The van der Waals surface area contributed by atoms with Gasteiger partial charge >= 0.3 is 0 Å². The lowest BCUT2D eigenvalue weighted by Crippen LogP contribution is -2.40. The number of amides is 1. The maximum absolute atomic E-state index is 12.2. The van der Waals surface area contributed by atoms with Crippen LogP contribution in [0, 0.1) is 13.8 Å². The van der Waals surface area contributed by atoms with Gasteiger partial charge in [-0.1, -0.05) is 18.9 Å². The Kier molecular flexibility index (Phi) is 4.75. The van der Waals surface area contributed by atoms with Crippen LogP contribution < -0.4 is 10.7 Å². The lowest BCUT2D eigenvalue weighted by atomic mass is 10.0. The molecule has 5 heteroatoms. The van der Waals surface area contributed by atoms with E-state index >= 15 is 0 Å². The first-order valence-electron chi connectivity index (χ1n) is 8.79. The summed E-state index contributed by atoms with van der Waals surface area (Å²) < 4.78 is 0. The van der Waals surface area contributed by atoms with Crippen LogP contribution in [-0.2, 0) is 0 Å². The Balaban J connectivity index is 2.07. The van der Waals surface area contributed by atoms with Crippen molar-refractivity contribution in [1.82, 2.24) is 4.90 Å². The molecule has 1 aliphatic carbocycles. The normalized spacial score (nSPS) is 16.8. The fraction of sp³-hybridized carbons (Fsp3) is 0.450. The molecule has 2 aromatic rings. The molecule has 0 spiro atoms. The maximum atomic E-state index is 12.2. The van der Waals surface area contributed by atoms with E-state index in [-0.39, 0.29) is 17.2 Å². The number of carbonyl (C=O) groups is 1. The lowest BCUT2D eigenvalue weighted by Gasteiger charge is -2.13. The molecule has 0 atom stereocenters. The second kappa shape index (κ2) is 6.82. The molecule has 1 aliphatic rings. The lowest BCUT2D eigenvalue weighted by molar-refractivity contribution is 0.0824. The van der Waals surface area contributed by atoms with Crippen LogP contribution in [-0.4, -0.2) is 36.1 Å². The molecule has 1 saturated carbocycles. The summed E-state index contributed by atoms with van der Waals surface area (Å²) in [5, 5.41) is 12.3. The highest BCUT2D eigenvalue weighted by Crippen LogP contribution is 2.30. The van der Waals surface area contributed by atoms with E-state index in [2.05, 4.69) is 11.9 Å². The Morgan fingerprint density at radius 2 is 1.76 bits per heavy atom. The second-order valence-corrected chi connectivity index (χ2v) is 7.00. The van der Waals surface area contributed by atoms with E-state index in [1.165, 1.54) is 23.3 Å². The van der Waals surface area contributed by atoms with E-state index in [0.717, 1.165) is 29.1 Å². The monoisotopic (exact) mass is 339 g/mol. The summed E-state index contributed by atoms with van der Waals surface area (Å²) in [4.78, 5) is 23.1. The Morgan fingerprint density at radius 3 is 2.40 bits per heavy atom. The molecule has 0 saturated heterocycles. The number of hydrogen-bond donors (Lipinski definition) is 1. The zero-order chi connectivity index (χ0) is 18.1. The van der Waals surface area contributed by atoms with Crippen molar-refractivity contribution in [2.24, 2.45) is 9.98 Å². The van der Waals surface area contributed by atoms with Crippen LogP contribution in [0.4, 0.5) is 5.69 Å².